The molecule has 2 N–H and O–H groups in total. The number of carbonyl (C=O) groups excluding carboxylic acids is 2. The third kappa shape index (κ3) is 3.64. The van der Waals surface area contributed by atoms with Crippen LogP contribution in [0, 0.1) is 10.1 Å². The van der Waals surface area contributed by atoms with Gasteiger partial charge in [0.2, 0.25) is 0 Å². The summed E-state index contributed by atoms with van der Waals surface area (Å²) in [6, 6.07) is 13.6. The van der Waals surface area contributed by atoms with Crippen molar-refractivity contribution in [1.29, 1.82) is 0 Å². The van der Waals surface area contributed by atoms with Crippen LogP contribution in [-0.4, -0.2) is 28.8 Å². The first-order chi connectivity index (χ1) is 12.9. The Labute approximate surface area is 155 Å². The Morgan fingerprint density at radius 2 is 1.89 bits per heavy atom. The lowest BCUT2D eigenvalue weighted by Gasteiger charge is -2.33. The minimum atomic E-state index is -0.794. The van der Waals surface area contributed by atoms with Crippen LogP contribution in [-0.2, 0) is 4.79 Å². The van der Waals surface area contributed by atoms with E-state index >= 15 is 0 Å². The Bertz CT molecular complexity index is 940. The summed E-state index contributed by atoms with van der Waals surface area (Å²) in [5.74, 6) is -0.387. The van der Waals surface area contributed by atoms with Crippen molar-refractivity contribution in [3.05, 3.63) is 81.5 Å². The van der Waals surface area contributed by atoms with Crippen LogP contribution in [0.4, 0.5) is 16.2 Å². The molecule has 1 aliphatic heterocycles. The number of nitro benzene ring substituents is 1. The fraction of sp³-hybridized carbons (Fsp3) is 0.158. The van der Waals surface area contributed by atoms with Gasteiger partial charge in [0.25, 0.3) is 11.6 Å². The number of benzene rings is 2. The highest BCUT2D eigenvalue weighted by molar-refractivity contribution is 6.06. The number of urea groups is 1. The second-order valence-corrected chi connectivity index (χ2v) is 6.11. The van der Waals surface area contributed by atoms with Gasteiger partial charge in [-0.15, -0.1) is 0 Å². The molecular formula is C19H18N4O4. The van der Waals surface area contributed by atoms with Gasteiger partial charge < -0.3 is 15.5 Å². The molecule has 3 amide bonds. The molecule has 2 aromatic carbocycles. The van der Waals surface area contributed by atoms with Crippen LogP contribution in [0.25, 0.3) is 0 Å². The van der Waals surface area contributed by atoms with Crippen molar-refractivity contribution >= 4 is 23.3 Å². The van der Waals surface area contributed by atoms with Gasteiger partial charge >= 0.3 is 6.03 Å². The SMILES string of the molecule is CC1=C(C(=O)Nc2ccccc2)C(c2cccc([N+](=O)[O-])c2)NC(=O)N1C. The van der Waals surface area contributed by atoms with Gasteiger partial charge in [-0.3, -0.25) is 14.9 Å². The maximum Gasteiger partial charge on any atom is 0.322 e. The molecule has 0 spiro atoms. The van der Waals surface area contributed by atoms with Gasteiger partial charge in [-0.05, 0) is 24.6 Å². The van der Waals surface area contributed by atoms with Crippen molar-refractivity contribution in [2.45, 2.75) is 13.0 Å². The zero-order chi connectivity index (χ0) is 19.6. The molecule has 0 saturated heterocycles. The number of amides is 3. The minimum Gasteiger partial charge on any atom is -0.327 e. The molecule has 27 heavy (non-hydrogen) atoms. The molecule has 138 valence electrons. The summed E-state index contributed by atoms with van der Waals surface area (Å²) in [4.78, 5) is 37.1. The van der Waals surface area contributed by atoms with Gasteiger partial charge in [0.15, 0.2) is 0 Å². The van der Waals surface area contributed by atoms with Crippen molar-refractivity contribution in [2.24, 2.45) is 0 Å². The molecule has 0 aromatic heterocycles. The standard InChI is InChI=1S/C19H18N4O4/c1-12-16(18(24)20-14-8-4-3-5-9-14)17(21-19(25)22(12)2)13-7-6-10-15(11-13)23(26)27/h3-11,17H,1-2H3,(H,20,24)(H,21,25). The van der Waals surface area contributed by atoms with Crippen LogP contribution in [0.1, 0.15) is 18.5 Å². The van der Waals surface area contributed by atoms with Crippen LogP contribution in [0.5, 0.6) is 0 Å². The smallest absolute Gasteiger partial charge is 0.322 e. The van der Waals surface area contributed by atoms with Crippen LogP contribution >= 0.6 is 0 Å². The highest BCUT2D eigenvalue weighted by atomic mass is 16.6. The van der Waals surface area contributed by atoms with Crippen molar-refractivity contribution in [3.63, 3.8) is 0 Å². The first-order valence-electron chi connectivity index (χ1n) is 8.24. The van der Waals surface area contributed by atoms with Crippen molar-refractivity contribution in [2.75, 3.05) is 12.4 Å². The van der Waals surface area contributed by atoms with Crippen LogP contribution in [0.2, 0.25) is 0 Å². The molecule has 8 heteroatoms. The fourth-order valence-electron chi connectivity index (χ4n) is 2.92. The third-order valence-electron chi connectivity index (χ3n) is 4.44. The van der Waals surface area contributed by atoms with Crippen LogP contribution in [0.3, 0.4) is 0 Å². The quantitative estimate of drug-likeness (QED) is 0.640. The number of nitrogens with zero attached hydrogens (tertiary/aromatic N) is 2. The zero-order valence-electron chi connectivity index (χ0n) is 14.8. The highest BCUT2D eigenvalue weighted by Crippen LogP contribution is 2.32. The van der Waals surface area contributed by atoms with Gasteiger partial charge in [0.05, 0.1) is 16.5 Å². The molecule has 0 bridgehead atoms. The normalized spacial score (nSPS) is 16.7. The topological polar surface area (TPSA) is 105 Å². The number of nitro groups is 1. The van der Waals surface area contributed by atoms with Gasteiger partial charge in [0.1, 0.15) is 0 Å². The lowest BCUT2D eigenvalue weighted by atomic mass is 9.94. The Balaban J connectivity index is 2.03. The number of nitrogens with one attached hydrogen (secondary N) is 2. The summed E-state index contributed by atoms with van der Waals surface area (Å²) in [6.07, 6.45) is 0. The molecule has 1 heterocycles. The van der Waals surface area contributed by atoms with Gasteiger partial charge in [-0.1, -0.05) is 30.3 Å². The number of hydrogen-bond acceptors (Lipinski definition) is 4. The molecule has 0 aliphatic carbocycles. The molecule has 3 rings (SSSR count). The van der Waals surface area contributed by atoms with Crippen molar-refractivity contribution in [1.82, 2.24) is 10.2 Å². The second-order valence-electron chi connectivity index (χ2n) is 6.11. The van der Waals surface area contributed by atoms with E-state index < -0.39 is 11.0 Å². The van der Waals surface area contributed by atoms with E-state index in [0.717, 1.165) is 0 Å². The Morgan fingerprint density at radius 1 is 1.19 bits per heavy atom. The van der Waals surface area contributed by atoms with E-state index in [1.807, 2.05) is 6.07 Å². The monoisotopic (exact) mass is 366 g/mol. The van der Waals surface area contributed by atoms with E-state index in [1.54, 1.807) is 44.3 Å². The Kier molecular flexibility index (Phi) is 4.89. The molecule has 0 saturated carbocycles. The summed E-state index contributed by atoms with van der Waals surface area (Å²) in [7, 11) is 1.56. The van der Waals surface area contributed by atoms with E-state index in [0.29, 0.717) is 22.5 Å². The molecule has 0 radical (unpaired) electrons. The number of carbonyl (C=O) groups is 2. The fourth-order valence-corrected chi connectivity index (χ4v) is 2.92. The summed E-state index contributed by atoms with van der Waals surface area (Å²) in [5.41, 5.74) is 1.76. The maximum absolute atomic E-state index is 13.0. The average Bonchev–Trinajstić information content (AvgIpc) is 2.66. The van der Waals surface area contributed by atoms with E-state index in [9.17, 15) is 19.7 Å². The van der Waals surface area contributed by atoms with Crippen molar-refractivity contribution in [3.8, 4) is 0 Å². The molecule has 1 aliphatic rings. The summed E-state index contributed by atoms with van der Waals surface area (Å²) in [6.45, 7) is 1.67. The van der Waals surface area contributed by atoms with E-state index in [1.165, 1.54) is 23.1 Å². The summed E-state index contributed by atoms with van der Waals surface area (Å²) < 4.78 is 0. The van der Waals surface area contributed by atoms with E-state index in [-0.39, 0.29) is 17.6 Å². The van der Waals surface area contributed by atoms with Gasteiger partial charge in [-0.2, -0.15) is 0 Å². The number of hydrogen-bond donors (Lipinski definition) is 2. The number of anilines is 1. The molecule has 2 aromatic rings. The second kappa shape index (κ2) is 7.28. The largest absolute Gasteiger partial charge is 0.327 e. The molecule has 8 nitrogen and oxygen atoms in total. The number of allylic oxidation sites excluding steroid dienone is 1. The predicted molar refractivity (Wildman–Crippen MR) is 99.9 cm³/mol. The van der Waals surface area contributed by atoms with E-state index in [2.05, 4.69) is 10.6 Å². The molecule has 0 fully saturated rings. The summed E-state index contributed by atoms with van der Waals surface area (Å²) in [5, 5.41) is 16.6. The third-order valence-corrected chi connectivity index (χ3v) is 4.44. The molecule has 1 unspecified atom stereocenters. The average molecular weight is 366 g/mol. The maximum atomic E-state index is 13.0. The Morgan fingerprint density at radius 3 is 2.56 bits per heavy atom. The first kappa shape index (κ1) is 18.1. The first-order valence-corrected chi connectivity index (χ1v) is 8.24. The van der Waals surface area contributed by atoms with Crippen LogP contribution < -0.4 is 10.6 Å². The van der Waals surface area contributed by atoms with E-state index in [4.69, 9.17) is 0 Å². The number of rotatable bonds is 4. The zero-order valence-corrected chi connectivity index (χ0v) is 14.8. The number of non-ortho nitro benzene ring substituents is 1. The van der Waals surface area contributed by atoms with Crippen molar-refractivity contribution < 1.29 is 14.5 Å². The number of para-hydroxylation sites is 1. The summed E-state index contributed by atoms with van der Waals surface area (Å²) >= 11 is 0. The Hall–Kier alpha value is -3.68. The lowest BCUT2D eigenvalue weighted by molar-refractivity contribution is -0.384. The predicted octanol–water partition coefficient (Wildman–Crippen LogP) is 3.20. The molecular weight excluding hydrogens is 348 g/mol. The minimum absolute atomic E-state index is 0.110. The molecule has 1 atom stereocenters. The lowest BCUT2D eigenvalue weighted by Crippen LogP contribution is -2.46. The van der Waals surface area contributed by atoms with Gasteiger partial charge in [0, 0.05) is 30.6 Å². The van der Waals surface area contributed by atoms with Gasteiger partial charge in [-0.25, -0.2) is 4.79 Å². The highest BCUT2D eigenvalue weighted by Gasteiger charge is 2.34. The van der Waals surface area contributed by atoms with Crippen LogP contribution in [0.15, 0.2) is 65.9 Å².